The number of ether oxygens (including phenoxy) is 1. The van der Waals surface area contributed by atoms with Gasteiger partial charge in [0, 0.05) is 63.8 Å². The van der Waals surface area contributed by atoms with Crippen LogP contribution in [0.4, 0.5) is 4.39 Å². The van der Waals surface area contributed by atoms with Crippen LogP contribution in [0.15, 0.2) is 54.6 Å². The van der Waals surface area contributed by atoms with Gasteiger partial charge in [-0.3, -0.25) is 14.7 Å². The molecule has 0 bridgehead atoms. The zero-order valence-corrected chi connectivity index (χ0v) is 21.3. The van der Waals surface area contributed by atoms with Crippen molar-refractivity contribution >= 4 is 22.4 Å². The molecule has 0 amide bonds. The molecule has 0 radical (unpaired) electrons. The summed E-state index contributed by atoms with van der Waals surface area (Å²) < 4.78 is 19.0. The van der Waals surface area contributed by atoms with Crippen molar-refractivity contribution in [3.63, 3.8) is 0 Å². The molecule has 4 heterocycles. The van der Waals surface area contributed by atoms with E-state index in [4.69, 9.17) is 4.74 Å². The number of aromatic nitrogens is 2. The lowest BCUT2D eigenvalue weighted by molar-refractivity contribution is 0.0297. The van der Waals surface area contributed by atoms with E-state index in [0.717, 1.165) is 93.9 Å². The second-order valence-corrected chi connectivity index (χ2v) is 10.8. The Labute approximate surface area is 215 Å². The van der Waals surface area contributed by atoms with Crippen LogP contribution in [0.25, 0.3) is 32.2 Å². The number of piperazine rings is 1. The summed E-state index contributed by atoms with van der Waals surface area (Å²) in [6.07, 6.45) is 0. The number of morpholine rings is 1. The van der Waals surface area contributed by atoms with Gasteiger partial charge in [0.05, 0.1) is 29.1 Å². The molecule has 0 atom stereocenters. The Bertz CT molecular complexity index is 1290. The zero-order chi connectivity index (χ0) is 24.3. The number of aromatic amines is 1. The smallest absolute Gasteiger partial charge is 0.148 e. The van der Waals surface area contributed by atoms with Crippen LogP contribution in [0, 0.1) is 5.82 Å². The van der Waals surface area contributed by atoms with Gasteiger partial charge in [0.25, 0.3) is 0 Å². The number of imidazole rings is 1. The van der Waals surface area contributed by atoms with E-state index in [0.29, 0.717) is 0 Å². The van der Waals surface area contributed by atoms with Crippen LogP contribution in [0.5, 0.6) is 0 Å². The minimum atomic E-state index is -0.254. The van der Waals surface area contributed by atoms with Crippen LogP contribution < -0.4 is 0 Å². The standard InChI is InChI=1S/C28H32FN5OS/c29-23-5-6-24-25(19-23)31-28(30-24)27-8-7-26(36-27)22-3-1-21(2-4-22)20-34-13-11-32(12-14-34)9-10-33-15-17-35-18-16-33/h1-8,19H,9-18,20H2,(H,30,31). The van der Waals surface area contributed by atoms with Crippen molar-refractivity contribution in [3.8, 4) is 21.1 Å². The highest BCUT2D eigenvalue weighted by Crippen LogP contribution is 2.34. The molecule has 0 aliphatic carbocycles. The number of nitrogens with zero attached hydrogens (tertiary/aromatic N) is 4. The lowest BCUT2D eigenvalue weighted by atomic mass is 10.1. The highest BCUT2D eigenvalue weighted by atomic mass is 32.1. The van der Waals surface area contributed by atoms with Gasteiger partial charge < -0.3 is 9.72 Å². The lowest BCUT2D eigenvalue weighted by Crippen LogP contribution is -2.49. The Kier molecular flexibility index (Phi) is 7.12. The molecule has 0 saturated carbocycles. The van der Waals surface area contributed by atoms with E-state index in [1.165, 1.54) is 28.1 Å². The van der Waals surface area contributed by atoms with Gasteiger partial charge in [-0.1, -0.05) is 24.3 Å². The fraction of sp³-hybridized carbons (Fsp3) is 0.393. The van der Waals surface area contributed by atoms with E-state index in [1.807, 2.05) is 0 Å². The van der Waals surface area contributed by atoms with Crippen molar-refractivity contribution in [1.82, 2.24) is 24.7 Å². The van der Waals surface area contributed by atoms with Crippen LogP contribution in [0.3, 0.4) is 0 Å². The topological polar surface area (TPSA) is 47.6 Å². The molecular weight excluding hydrogens is 473 g/mol. The van der Waals surface area contributed by atoms with Crippen molar-refractivity contribution in [2.45, 2.75) is 6.54 Å². The van der Waals surface area contributed by atoms with E-state index in [1.54, 1.807) is 17.4 Å². The quantitative estimate of drug-likeness (QED) is 0.400. The number of H-pyrrole nitrogens is 1. The average molecular weight is 506 g/mol. The summed E-state index contributed by atoms with van der Waals surface area (Å²) in [5, 5.41) is 0. The van der Waals surface area contributed by atoms with Crippen molar-refractivity contribution in [2.24, 2.45) is 0 Å². The van der Waals surface area contributed by atoms with Crippen LogP contribution in [-0.4, -0.2) is 90.2 Å². The molecule has 36 heavy (non-hydrogen) atoms. The Morgan fingerprint density at radius 1 is 0.806 bits per heavy atom. The summed E-state index contributed by atoms with van der Waals surface area (Å²) in [7, 11) is 0. The molecule has 1 N–H and O–H groups in total. The lowest BCUT2D eigenvalue weighted by Gasteiger charge is -2.36. The van der Waals surface area contributed by atoms with Crippen molar-refractivity contribution in [1.29, 1.82) is 0 Å². The fourth-order valence-corrected chi connectivity index (χ4v) is 5.99. The fourth-order valence-electron chi connectivity index (χ4n) is 5.03. The Hall–Kier alpha value is -2.62. The first-order valence-corrected chi connectivity index (χ1v) is 13.6. The molecule has 2 aromatic heterocycles. The molecule has 0 spiro atoms. The number of benzene rings is 2. The first kappa shape index (κ1) is 23.8. The van der Waals surface area contributed by atoms with Crippen LogP contribution in [0.1, 0.15) is 5.56 Å². The van der Waals surface area contributed by atoms with Gasteiger partial charge in [-0.2, -0.15) is 0 Å². The molecule has 6 nitrogen and oxygen atoms in total. The Morgan fingerprint density at radius 3 is 2.28 bits per heavy atom. The van der Waals surface area contributed by atoms with Gasteiger partial charge in [0.1, 0.15) is 11.6 Å². The second-order valence-electron chi connectivity index (χ2n) is 9.68. The number of thiophene rings is 1. The third kappa shape index (κ3) is 5.53. The molecule has 2 aliphatic rings. The number of rotatable bonds is 7. The first-order valence-electron chi connectivity index (χ1n) is 12.8. The van der Waals surface area contributed by atoms with Gasteiger partial charge in [0.15, 0.2) is 0 Å². The Balaban J connectivity index is 1.02. The minimum Gasteiger partial charge on any atom is -0.379 e. The number of halogens is 1. The number of hydrogen-bond acceptors (Lipinski definition) is 6. The summed E-state index contributed by atoms with van der Waals surface area (Å²) in [6.45, 7) is 11.8. The molecule has 4 aromatic rings. The van der Waals surface area contributed by atoms with E-state index in [-0.39, 0.29) is 5.82 Å². The van der Waals surface area contributed by atoms with Crippen molar-refractivity contribution in [3.05, 3.63) is 66.0 Å². The number of nitrogens with one attached hydrogen (secondary N) is 1. The third-order valence-corrected chi connectivity index (χ3v) is 8.37. The summed E-state index contributed by atoms with van der Waals surface area (Å²) in [6, 6.07) is 17.8. The van der Waals surface area contributed by atoms with E-state index in [2.05, 4.69) is 61.1 Å². The molecular formula is C28H32FN5OS. The number of fused-ring (bicyclic) bond motifs is 1. The molecule has 2 aromatic carbocycles. The number of hydrogen-bond donors (Lipinski definition) is 1. The third-order valence-electron chi connectivity index (χ3n) is 7.23. The predicted molar refractivity (Wildman–Crippen MR) is 144 cm³/mol. The summed E-state index contributed by atoms with van der Waals surface area (Å²) in [4.78, 5) is 17.8. The average Bonchev–Trinajstić information content (AvgIpc) is 3.57. The van der Waals surface area contributed by atoms with Gasteiger partial charge >= 0.3 is 0 Å². The van der Waals surface area contributed by atoms with E-state index < -0.39 is 0 Å². The second kappa shape index (κ2) is 10.8. The van der Waals surface area contributed by atoms with Crippen molar-refractivity contribution < 1.29 is 9.13 Å². The van der Waals surface area contributed by atoms with Gasteiger partial charge in [-0.15, -0.1) is 11.3 Å². The largest absolute Gasteiger partial charge is 0.379 e. The highest BCUT2D eigenvalue weighted by Gasteiger charge is 2.18. The predicted octanol–water partition coefficient (Wildman–Crippen LogP) is 4.55. The van der Waals surface area contributed by atoms with Gasteiger partial charge in [0.2, 0.25) is 0 Å². The van der Waals surface area contributed by atoms with E-state index >= 15 is 0 Å². The maximum atomic E-state index is 13.5. The highest BCUT2D eigenvalue weighted by molar-refractivity contribution is 7.18. The monoisotopic (exact) mass is 505 g/mol. The molecule has 2 aliphatic heterocycles. The van der Waals surface area contributed by atoms with Gasteiger partial charge in [-0.05, 0) is 41.5 Å². The maximum absolute atomic E-state index is 13.5. The molecule has 188 valence electrons. The van der Waals surface area contributed by atoms with Crippen molar-refractivity contribution in [2.75, 3.05) is 65.6 Å². The summed E-state index contributed by atoms with van der Waals surface area (Å²) in [5.74, 6) is 0.530. The molecule has 8 heteroatoms. The molecule has 6 rings (SSSR count). The summed E-state index contributed by atoms with van der Waals surface area (Å²) >= 11 is 1.70. The van der Waals surface area contributed by atoms with E-state index in [9.17, 15) is 4.39 Å². The minimum absolute atomic E-state index is 0.254. The Morgan fingerprint density at radius 2 is 1.50 bits per heavy atom. The molecule has 0 unspecified atom stereocenters. The van der Waals surface area contributed by atoms with Crippen LogP contribution in [0.2, 0.25) is 0 Å². The van der Waals surface area contributed by atoms with Crippen LogP contribution in [-0.2, 0) is 11.3 Å². The molecule has 2 fully saturated rings. The molecule has 2 saturated heterocycles. The maximum Gasteiger partial charge on any atom is 0.148 e. The normalized spacial score (nSPS) is 18.2. The SMILES string of the molecule is Fc1ccc2nc(-c3ccc(-c4ccc(CN5CCN(CCN6CCOCC6)CC5)cc4)s3)[nH]c2c1. The first-order chi connectivity index (χ1) is 17.7. The van der Waals surface area contributed by atoms with Crippen LogP contribution >= 0.6 is 11.3 Å². The summed E-state index contributed by atoms with van der Waals surface area (Å²) in [5.41, 5.74) is 4.08. The van der Waals surface area contributed by atoms with Gasteiger partial charge in [-0.25, -0.2) is 9.37 Å². The zero-order valence-electron chi connectivity index (χ0n) is 20.5.